The van der Waals surface area contributed by atoms with Gasteiger partial charge in [-0.1, -0.05) is 48.5 Å². The molecular weight excluding hydrogens is 496 g/mol. The average Bonchev–Trinajstić information content (AvgIpc) is 3.54. The van der Waals surface area contributed by atoms with Crippen LogP contribution in [0.2, 0.25) is 0 Å². The number of rotatable bonds is 7. The summed E-state index contributed by atoms with van der Waals surface area (Å²) < 4.78 is 0. The monoisotopic (exact) mass is 528 g/mol. The van der Waals surface area contributed by atoms with Gasteiger partial charge < -0.3 is 10.2 Å². The molecule has 40 heavy (non-hydrogen) atoms. The molecule has 5 aromatic rings. The third-order valence-corrected chi connectivity index (χ3v) is 8.69. The third kappa shape index (κ3) is 4.59. The minimum absolute atomic E-state index is 0.223. The van der Waals surface area contributed by atoms with Crippen molar-refractivity contribution >= 4 is 28.1 Å². The van der Waals surface area contributed by atoms with Gasteiger partial charge in [-0.2, -0.15) is 0 Å². The molecule has 6 nitrogen and oxygen atoms in total. The van der Waals surface area contributed by atoms with E-state index in [-0.39, 0.29) is 5.75 Å². The Hall–Kier alpha value is -4.26. The van der Waals surface area contributed by atoms with Gasteiger partial charge in [0.15, 0.2) is 0 Å². The number of aliphatic hydroxyl groups excluding tert-OH is 1. The SMILES string of the molecule is OCC1CC12CCN(Cc1ccc(-c3ccc4ncnc(N(c5ccccc5)c5ccc(O)cc5)c4c3)cc1)C2. The Morgan fingerprint density at radius 1 is 0.850 bits per heavy atom. The molecule has 4 aromatic carbocycles. The Morgan fingerprint density at radius 2 is 1.60 bits per heavy atom. The standard InChI is InChI=1S/C34H32N4O2/c39-21-27-19-34(27)16-17-37(22-34)20-24-6-8-25(9-7-24)26-10-15-32-31(18-26)33(36-23-35-32)38(28-4-2-1-3-5-28)29-11-13-30(40)14-12-29/h1-15,18,23,27,39-40H,16-17,19-22H2. The smallest absolute Gasteiger partial charge is 0.148 e. The molecule has 2 heterocycles. The van der Waals surface area contributed by atoms with Crippen LogP contribution in [0.1, 0.15) is 18.4 Å². The zero-order valence-corrected chi connectivity index (χ0v) is 22.3. The summed E-state index contributed by atoms with van der Waals surface area (Å²) in [7, 11) is 0. The van der Waals surface area contributed by atoms with Gasteiger partial charge in [0, 0.05) is 36.5 Å². The van der Waals surface area contributed by atoms with Crippen molar-refractivity contribution < 1.29 is 10.2 Å². The normalized spacial score (nSPS) is 20.3. The van der Waals surface area contributed by atoms with Crippen molar-refractivity contribution in [2.45, 2.75) is 19.4 Å². The third-order valence-electron chi connectivity index (χ3n) is 8.69. The first-order valence-electron chi connectivity index (χ1n) is 13.9. The molecular formula is C34H32N4O2. The van der Waals surface area contributed by atoms with Gasteiger partial charge in [-0.05, 0) is 95.9 Å². The van der Waals surface area contributed by atoms with Crippen molar-refractivity contribution in [3.05, 3.63) is 109 Å². The quantitative estimate of drug-likeness (QED) is 0.246. The van der Waals surface area contributed by atoms with Crippen LogP contribution < -0.4 is 4.90 Å². The van der Waals surface area contributed by atoms with Gasteiger partial charge in [0.25, 0.3) is 0 Å². The molecule has 0 bridgehead atoms. The zero-order valence-electron chi connectivity index (χ0n) is 22.3. The highest BCUT2D eigenvalue weighted by molar-refractivity contribution is 5.97. The number of aliphatic hydroxyl groups is 1. The second-order valence-electron chi connectivity index (χ2n) is 11.2. The molecule has 2 unspecified atom stereocenters. The number of likely N-dealkylation sites (tertiary alicyclic amines) is 1. The fraction of sp³-hybridized carbons (Fsp3) is 0.235. The fourth-order valence-electron chi connectivity index (χ4n) is 6.34. The molecule has 6 heteroatoms. The van der Waals surface area contributed by atoms with Crippen molar-refractivity contribution in [2.75, 3.05) is 24.6 Å². The summed E-state index contributed by atoms with van der Waals surface area (Å²) in [6.07, 6.45) is 4.00. The van der Waals surface area contributed by atoms with Crippen molar-refractivity contribution in [1.29, 1.82) is 0 Å². The van der Waals surface area contributed by atoms with E-state index in [1.165, 1.54) is 18.4 Å². The number of hydrogen-bond acceptors (Lipinski definition) is 6. The molecule has 1 spiro atoms. The number of para-hydroxylation sites is 1. The van der Waals surface area contributed by atoms with Crippen molar-refractivity contribution in [3.8, 4) is 16.9 Å². The van der Waals surface area contributed by atoms with E-state index in [1.54, 1.807) is 18.5 Å². The number of phenolic OH excluding ortho intramolecular Hbond substituents is 1. The van der Waals surface area contributed by atoms with Gasteiger partial charge in [-0.3, -0.25) is 9.80 Å². The maximum Gasteiger partial charge on any atom is 0.148 e. The van der Waals surface area contributed by atoms with E-state index in [1.807, 2.05) is 30.3 Å². The number of benzene rings is 4. The van der Waals surface area contributed by atoms with Crippen LogP contribution in [-0.4, -0.2) is 44.8 Å². The topological polar surface area (TPSA) is 72.7 Å². The predicted octanol–water partition coefficient (Wildman–Crippen LogP) is 6.68. The molecule has 0 radical (unpaired) electrons. The van der Waals surface area contributed by atoms with Gasteiger partial charge in [-0.25, -0.2) is 9.97 Å². The number of hydrogen-bond donors (Lipinski definition) is 2. The van der Waals surface area contributed by atoms with Gasteiger partial charge in [0.2, 0.25) is 0 Å². The largest absolute Gasteiger partial charge is 0.508 e. The van der Waals surface area contributed by atoms with Crippen LogP contribution in [0.4, 0.5) is 17.2 Å². The molecule has 1 saturated heterocycles. The number of fused-ring (bicyclic) bond motifs is 1. The van der Waals surface area contributed by atoms with Crippen molar-refractivity contribution in [1.82, 2.24) is 14.9 Å². The van der Waals surface area contributed by atoms with E-state index in [0.717, 1.165) is 58.9 Å². The molecule has 1 aliphatic carbocycles. The molecule has 0 amide bonds. The van der Waals surface area contributed by atoms with E-state index < -0.39 is 0 Å². The van der Waals surface area contributed by atoms with Crippen LogP contribution in [-0.2, 0) is 6.54 Å². The Morgan fingerprint density at radius 3 is 2.35 bits per heavy atom. The zero-order chi connectivity index (χ0) is 27.1. The molecule has 1 aliphatic heterocycles. The van der Waals surface area contributed by atoms with E-state index in [2.05, 4.69) is 69.4 Å². The first kappa shape index (κ1) is 24.8. The molecule has 2 aliphatic rings. The van der Waals surface area contributed by atoms with Crippen LogP contribution in [0.25, 0.3) is 22.0 Å². The van der Waals surface area contributed by atoms with Gasteiger partial charge in [0.1, 0.15) is 17.9 Å². The summed E-state index contributed by atoms with van der Waals surface area (Å²) >= 11 is 0. The lowest BCUT2D eigenvalue weighted by atomic mass is 10.0. The van der Waals surface area contributed by atoms with Gasteiger partial charge in [0.05, 0.1) is 5.52 Å². The fourth-order valence-corrected chi connectivity index (χ4v) is 6.34. The summed E-state index contributed by atoms with van der Waals surface area (Å²) in [5.74, 6) is 1.51. The minimum Gasteiger partial charge on any atom is -0.508 e. The maximum absolute atomic E-state index is 9.90. The lowest BCUT2D eigenvalue weighted by Gasteiger charge is -2.25. The molecule has 2 N–H and O–H groups in total. The van der Waals surface area contributed by atoms with E-state index >= 15 is 0 Å². The lowest BCUT2D eigenvalue weighted by molar-refractivity contribution is 0.242. The highest BCUT2D eigenvalue weighted by Gasteiger charge is 2.56. The Kier molecular flexibility index (Phi) is 6.22. The maximum atomic E-state index is 9.90. The van der Waals surface area contributed by atoms with Crippen LogP contribution in [0.3, 0.4) is 0 Å². The molecule has 2 fully saturated rings. The average molecular weight is 529 g/mol. The van der Waals surface area contributed by atoms with Crippen LogP contribution >= 0.6 is 0 Å². The summed E-state index contributed by atoms with van der Waals surface area (Å²) in [4.78, 5) is 13.9. The summed E-state index contributed by atoms with van der Waals surface area (Å²) in [6, 6.07) is 32.5. The number of nitrogens with zero attached hydrogens (tertiary/aromatic N) is 4. The Bertz CT molecular complexity index is 1640. The predicted molar refractivity (Wildman–Crippen MR) is 159 cm³/mol. The lowest BCUT2D eigenvalue weighted by Crippen LogP contribution is -2.21. The second kappa shape index (κ2) is 10.0. The van der Waals surface area contributed by atoms with Crippen LogP contribution in [0.15, 0.2) is 103 Å². The van der Waals surface area contributed by atoms with Gasteiger partial charge >= 0.3 is 0 Å². The summed E-state index contributed by atoms with van der Waals surface area (Å²) in [6.45, 7) is 3.50. The first-order valence-corrected chi connectivity index (χ1v) is 13.9. The molecule has 7 rings (SSSR count). The Labute approximate surface area is 234 Å². The minimum atomic E-state index is 0.223. The van der Waals surface area contributed by atoms with Crippen molar-refractivity contribution in [2.24, 2.45) is 11.3 Å². The molecule has 2 atom stereocenters. The Balaban J connectivity index is 1.20. The number of aromatic hydroxyl groups is 1. The summed E-state index contributed by atoms with van der Waals surface area (Å²) in [5.41, 5.74) is 6.70. The van der Waals surface area contributed by atoms with E-state index in [4.69, 9.17) is 4.98 Å². The van der Waals surface area contributed by atoms with E-state index in [9.17, 15) is 10.2 Å². The molecule has 1 aromatic heterocycles. The highest BCUT2D eigenvalue weighted by Crippen LogP contribution is 2.58. The van der Waals surface area contributed by atoms with Crippen LogP contribution in [0.5, 0.6) is 5.75 Å². The van der Waals surface area contributed by atoms with E-state index in [0.29, 0.717) is 17.9 Å². The van der Waals surface area contributed by atoms with Crippen molar-refractivity contribution in [3.63, 3.8) is 0 Å². The highest BCUT2D eigenvalue weighted by atomic mass is 16.3. The molecule has 1 saturated carbocycles. The summed E-state index contributed by atoms with van der Waals surface area (Å²) in [5, 5.41) is 20.4. The number of phenols is 1. The van der Waals surface area contributed by atoms with Gasteiger partial charge in [-0.15, -0.1) is 0 Å². The number of anilines is 3. The van der Waals surface area contributed by atoms with Crippen LogP contribution in [0, 0.1) is 11.3 Å². The first-order chi connectivity index (χ1) is 19.6. The molecule has 200 valence electrons. The second-order valence-corrected chi connectivity index (χ2v) is 11.2. The number of aromatic nitrogens is 2.